The van der Waals surface area contributed by atoms with Crippen LogP contribution in [-0.2, 0) is 11.2 Å². The summed E-state index contributed by atoms with van der Waals surface area (Å²) in [5, 5.41) is 3.04. The van der Waals surface area contributed by atoms with Gasteiger partial charge >= 0.3 is 6.09 Å². The van der Waals surface area contributed by atoms with Crippen LogP contribution in [0.3, 0.4) is 0 Å². The number of aromatic nitrogens is 3. The van der Waals surface area contributed by atoms with Gasteiger partial charge in [0.25, 0.3) is 5.91 Å². The number of H-pyrrole nitrogens is 1. The second-order valence-corrected chi connectivity index (χ2v) is 9.56. The molecule has 1 aliphatic rings. The van der Waals surface area contributed by atoms with Gasteiger partial charge in [0.1, 0.15) is 17.1 Å². The third-order valence-corrected chi connectivity index (χ3v) is 5.84. The summed E-state index contributed by atoms with van der Waals surface area (Å²) in [5.74, 6) is 0.866. The number of aryl methyl sites for hydroxylation is 1. The summed E-state index contributed by atoms with van der Waals surface area (Å²) in [6, 6.07) is 11.9. The van der Waals surface area contributed by atoms with E-state index in [0.29, 0.717) is 25.3 Å². The number of carbonyl (C=O) groups excluding carboxylic acids is 2. The van der Waals surface area contributed by atoms with Crippen molar-refractivity contribution in [1.82, 2.24) is 24.8 Å². The average Bonchev–Trinajstić information content (AvgIpc) is 3.42. The van der Waals surface area contributed by atoms with E-state index >= 15 is 0 Å². The second-order valence-electron chi connectivity index (χ2n) is 9.56. The molecule has 0 spiro atoms. The molecule has 8 nitrogen and oxygen atoms in total. The first kappa shape index (κ1) is 22.9. The lowest BCUT2D eigenvalue weighted by molar-refractivity contribution is 0.0187. The van der Waals surface area contributed by atoms with Gasteiger partial charge in [0.2, 0.25) is 0 Å². The van der Waals surface area contributed by atoms with Crippen molar-refractivity contribution in [3.63, 3.8) is 0 Å². The van der Waals surface area contributed by atoms with Crippen LogP contribution < -0.4 is 5.32 Å². The number of benzene rings is 1. The number of para-hydroxylation sites is 2. The van der Waals surface area contributed by atoms with Gasteiger partial charge in [-0.3, -0.25) is 4.79 Å². The zero-order valence-corrected chi connectivity index (χ0v) is 19.6. The van der Waals surface area contributed by atoms with Gasteiger partial charge in [-0.1, -0.05) is 12.1 Å². The van der Waals surface area contributed by atoms with E-state index < -0.39 is 5.60 Å². The lowest BCUT2D eigenvalue weighted by Crippen LogP contribution is -2.42. The van der Waals surface area contributed by atoms with Crippen LogP contribution in [0.15, 0.2) is 42.6 Å². The molecular formula is C25H33N5O3. The first-order valence-electron chi connectivity index (χ1n) is 11.7. The van der Waals surface area contributed by atoms with Crippen molar-refractivity contribution >= 4 is 23.0 Å². The molecule has 0 aliphatic carbocycles. The fourth-order valence-electron chi connectivity index (χ4n) is 4.23. The van der Waals surface area contributed by atoms with Crippen LogP contribution in [0.4, 0.5) is 4.79 Å². The minimum absolute atomic E-state index is 0.0702. The molecule has 0 radical (unpaired) electrons. The van der Waals surface area contributed by atoms with Crippen LogP contribution in [0, 0.1) is 0 Å². The maximum absolute atomic E-state index is 12.8. The van der Waals surface area contributed by atoms with E-state index in [0.717, 1.165) is 42.5 Å². The smallest absolute Gasteiger partial charge is 0.410 e. The third-order valence-electron chi connectivity index (χ3n) is 5.84. The molecule has 1 aromatic carbocycles. The first-order valence-corrected chi connectivity index (χ1v) is 11.7. The van der Waals surface area contributed by atoms with E-state index in [-0.39, 0.29) is 18.0 Å². The summed E-state index contributed by atoms with van der Waals surface area (Å²) in [6.45, 7) is 7.45. The molecule has 176 valence electrons. The summed E-state index contributed by atoms with van der Waals surface area (Å²) in [4.78, 5) is 34.8. The van der Waals surface area contributed by atoms with Crippen LogP contribution in [0.2, 0.25) is 0 Å². The number of amides is 2. The lowest BCUT2D eigenvalue weighted by Gasteiger charge is -2.34. The molecule has 2 amide bonds. The molecule has 8 heteroatoms. The van der Waals surface area contributed by atoms with E-state index in [4.69, 9.17) is 4.74 Å². The highest BCUT2D eigenvalue weighted by atomic mass is 16.6. The summed E-state index contributed by atoms with van der Waals surface area (Å²) in [5.41, 5.74) is 2.16. The molecule has 0 unspecified atom stereocenters. The molecule has 2 N–H and O–H groups in total. The van der Waals surface area contributed by atoms with Crippen LogP contribution in [-0.4, -0.2) is 56.7 Å². The molecule has 1 fully saturated rings. The molecule has 1 saturated heterocycles. The Bertz CT molecular complexity index is 1070. The predicted molar refractivity (Wildman–Crippen MR) is 127 cm³/mol. The largest absolute Gasteiger partial charge is 0.444 e. The molecule has 0 saturated carbocycles. The van der Waals surface area contributed by atoms with Crippen molar-refractivity contribution in [1.29, 1.82) is 0 Å². The van der Waals surface area contributed by atoms with Crippen molar-refractivity contribution in [3.05, 3.63) is 54.1 Å². The summed E-state index contributed by atoms with van der Waals surface area (Å²) < 4.78 is 7.52. The fourth-order valence-corrected chi connectivity index (χ4v) is 4.23. The van der Waals surface area contributed by atoms with Gasteiger partial charge < -0.3 is 24.5 Å². The highest BCUT2D eigenvalue weighted by molar-refractivity contribution is 5.92. The highest BCUT2D eigenvalue weighted by Gasteiger charge is 2.28. The van der Waals surface area contributed by atoms with Gasteiger partial charge in [0.05, 0.1) is 11.0 Å². The maximum Gasteiger partial charge on any atom is 0.410 e. The lowest BCUT2D eigenvalue weighted by atomic mass is 10.0. The Labute approximate surface area is 194 Å². The quantitative estimate of drug-likeness (QED) is 0.547. The van der Waals surface area contributed by atoms with E-state index in [1.807, 2.05) is 67.9 Å². The number of nitrogens with one attached hydrogen (secondary N) is 2. The van der Waals surface area contributed by atoms with Crippen LogP contribution >= 0.6 is 0 Å². The minimum Gasteiger partial charge on any atom is -0.444 e. The number of aromatic amines is 1. The first-order chi connectivity index (χ1) is 15.8. The third kappa shape index (κ3) is 5.74. The normalized spacial score (nSPS) is 15.1. The monoisotopic (exact) mass is 451 g/mol. The number of carbonyl (C=O) groups is 2. The predicted octanol–water partition coefficient (Wildman–Crippen LogP) is 4.30. The van der Waals surface area contributed by atoms with Crippen LogP contribution in [0.5, 0.6) is 0 Å². The standard InChI is InChI=1S/C25H33N5O3/c1-25(2,3)33-24(32)29-16-12-18(13-17-29)30-15-7-10-21(30)23(31)26-14-6-11-22-27-19-8-4-5-9-20(19)28-22/h4-5,7-10,15,18H,6,11-14,16-17H2,1-3H3,(H,26,31)(H,27,28). The van der Waals surface area contributed by atoms with Gasteiger partial charge in [-0.2, -0.15) is 0 Å². The Balaban J connectivity index is 1.25. The van der Waals surface area contributed by atoms with Gasteiger partial charge in [-0.05, 0) is 64.3 Å². The maximum atomic E-state index is 12.8. The molecule has 3 heterocycles. The van der Waals surface area contributed by atoms with Crippen LogP contribution in [0.25, 0.3) is 11.0 Å². The number of hydrogen-bond acceptors (Lipinski definition) is 4. The van der Waals surface area contributed by atoms with E-state index in [1.165, 1.54) is 0 Å². The number of imidazole rings is 1. The zero-order chi connectivity index (χ0) is 23.4. The Morgan fingerprint density at radius 3 is 2.64 bits per heavy atom. The molecule has 3 aromatic rings. The Kier molecular flexibility index (Phi) is 6.72. The van der Waals surface area contributed by atoms with E-state index in [1.54, 1.807) is 4.90 Å². The molecular weight excluding hydrogens is 418 g/mol. The van der Waals surface area contributed by atoms with Crippen molar-refractivity contribution in [2.75, 3.05) is 19.6 Å². The van der Waals surface area contributed by atoms with Crippen molar-refractivity contribution in [2.45, 2.75) is 58.1 Å². The van der Waals surface area contributed by atoms with Crippen molar-refractivity contribution in [2.24, 2.45) is 0 Å². The average molecular weight is 452 g/mol. The summed E-state index contributed by atoms with van der Waals surface area (Å²) >= 11 is 0. The molecule has 2 aromatic heterocycles. The number of piperidine rings is 1. The fraction of sp³-hybridized carbons (Fsp3) is 0.480. The number of ether oxygens (including phenoxy) is 1. The highest BCUT2D eigenvalue weighted by Crippen LogP contribution is 2.25. The molecule has 0 atom stereocenters. The Morgan fingerprint density at radius 1 is 1.15 bits per heavy atom. The minimum atomic E-state index is -0.496. The van der Waals surface area contributed by atoms with Gasteiger partial charge in [-0.25, -0.2) is 9.78 Å². The van der Waals surface area contributed by atoms with Gasteiger partial charge in [0, 0.05) is 38.3 Å². The number of fused-ring (bicyclic) bond motifs is 1. The number of rotatable bonds is 6. The number of likely N-dealkylation sites (tertiary alicyclic amines) is 1. The molecule has 33 heavy (non-hydrogen) atoms. The Hall–Kier alpha value is -3.29. The van der Waals surface area contributed by atoms with Crippen LogP contribution in [0.1, 0.15) is 62.4 Å². The van der Waals surface area contributed by atoms with Gasteiger partial charge in [0.15, 0.2) is 0 Å². The van der Waals surface area contributed by atoms with E-state index in [9.17, 15) is 9.59 Å². The second kappa shape index (κ2) is 9.68. The summed E-state index contributed by atoms with van der Waals surface area (Å²) in [7, 11) is 0. The topological polar surface area (TPSA) is 92.2 Å². The number of hydrogen-bond donors (Lipinski definition) is 2. The molecule has 0 bridgehead atoms. The van der Waals surface area contributed by atoms with Crippen molar-refractivity contribution < 1.29 is 14.3 Å². The summed E-state index contributed by atoms with van der Waals surface area (Å²) in [6.07, 6.45) is 4.85. The Morgan fingerprint density at radius 2 is 1.91 bits per heavy atom. The van der Waals surface area contributed by atoms with Crippen molar-refractivity contribution in [3.8, 4) is 0 Å². The zero-order valence-electron chi connectivity index (χ0n) is 19.6. The SMILES string of the molecule is CC(C)(C)OC(=O)N1CCC(n2cccc2C(=O)NCCCc2nc3ccccc3[nH]2)CC1. The number of nitrogens with zero attached hydrogens (tertiary/aromatic N) is 3. The van der Waals surface area contributed by atoms with Gasteiger partial charge in [-0.15, -0.1) is 0 Å². The molecule has 4 rings (SSSR count). The van der Waals surface area contributed by atoms with E-state index in [2.05, 4.69) is 15.3 Å². The molecule has 1 aliphatic heterocycles.